The maximum Gasteiger partial charge on any atom is 0.340 e. The normalized spacial score (nSPS) is 11.4. The van der Waals surface area contributed by atoms with Gasteiger partial charge >= 0.3 is 5.97 Å². The lowest BCUT2D eigenvalue weighted by molar-refractivity contribution is -0.125. The van der Waals surface area contributed by atoms with Crippen LogP contribution in [0.5, 0.6) is 5.75 Å². The molecule has 1 unspecified atom stereocenters. The zero-order valence-electron chi connectivity index (χ0n) is 14.8. The van der Waals surface area contributed by atoms with Gasteiger partial charge in [-0.15, -0.1) is 0 Å². The van der Waals surface area contributed by atoms with E-state index in [4.69, 9.17) is 9.47 Å². The number of carbonyl (C=O) groups is 2. The Labute approximate surface area is 161 Å². The van der Waals surface area contributed by atoms with E-state index in [2.05, 4.69) is 5.32 Å². The first-order chi connectivity index (χ1) is 13.2. The minimum Gasteiger partial charge on any atom is -0.492 e. The highest BCUT2D eigenvalue weighted by Crippen LogP contribution is 2.27. The van der Waals surface area contributed by atoms with Crippen LogP contribution in [0, 0.1) is 0 Å². The van der Waals surface area contributed by atoms with Gasteiger partial charge in [0.15, 0.2) is 0 Å². The van der Waals surface area contributed by atoms with Gasteiger partial charge in [0, 0.05) is 10.9 Å². The Morgan fingerprint density at radius 3 is 2.48 bits per heavy atom. The molecule has 5 nitrogen and oxygen atoms in total. The molecule has 3 rings (SSSR count). The second kappa shape index (κ2) is 9.00. The number of amides is 1. The van der Waals surface area contributed by atoms with Crippen molar-refractivity contribution in [2.24, 2.45) is 0 Å². The molecule has 0 fully saturated rings. The largest absolute Gasteiger partial charge is 0.492 e. The molecule has 3 aromatic rings. The Morgan fingerprint density at radius 2 is 1.78 bits per heavy atom. The van der Waals surface area contributed by atoms with E-state index >= 15 is 0 Å². The Balaban J connectivity index is 1.84. The van der Waals surface area contributed by atoms with Crippen molar-refractivity contribution in [3.05, 3.63) is 82.6 Å². The maximum absolute atomic E-state index is 12.9. The highest BCUT2D eigenvalue weighted by atomic mass is 32.1. The van der Waals surface area contributed by atoms with Gasteiger partial charge in [-0.1, -0.05) is 42.5 Å². The first-order valence-corrected chi connectivity index (χ1v) is 9.44. The maximum atomic E-state index is 12.9. The minimum atomic E-state index is -1.08. The van der Waals surface area contributed by atoms with Crippen molar-refractivity contribution >= 4 is 28.9 Å². The monoisotopic (exact) mass is 381 g/mol. The van der Waals surface area contributed by atoms with Gasteiger partial charge in [0.1, 0.15) is 5.75 Å². The molecular weight excluding hydrogens is 362 g/mol. The molecule has 0 bridgehead atoms. The molecule has 1 N–H and O–H groups in total. The van der Waals surface area contributed by atoms with E-state index in [0.29, 0.717) is 29.2 Å². The lowest BCUT2D eigenvalue weighted by atomic mass is 10.1. The Kier molecular flexibility index (Phi) is 6.22. The predicted molar refractivity (Wildman–Crippen MR) is 105 cm³/mol. The standard InChI is InChI=1S/C21H19NO4S/c1-2-25-18-11-7-6-10-17(18)22-20(23)19(15-8-4-3-5-9-15)26-21(24)16-12-13-27-14-16/h3-14,19H,2H2,1H3,(H,22,23). The van der Waals surface area contributed by atoms with Crippen molar-refractivity contribution < 1.29 is 19.1 Å². The first-order valence-electron chi connectivity index (χ1n) is 8.50. The smallest absolute Gasteiger partial charge is 0.340 e. The summed E-state index contributed by atoms with van der Waals surface area (Å²) in [6.07, 6.45) is -1.08. The molecular formula is C21H19NO4S. The second-order valence-electron chi connectivity index (χ2n) is 5.63. The van der Waals surface area contributed by atoms with Gasteiger partial charge in [-0.3, -0.25) is 4.79 Å². The van der Waals surface area contributed by atoms with Crippen LogP contribution in [0.2, 0.25) is 0 Å². The third-order valence-corrected chi connectivity index (χ3v) is 4.45. The summed E-state index contributed by atoms with van der Waals surface area (Å²) in [4.78, 5) is 25.3. The topological polar surface area (TPSA) is 64.6 Å². The minimum absolute atomic E-state index is 0.420. The lowest BCUT2D eigenvalue weighted by Gasteiger charge is -2.19. The van der Waals surface area contributed by atoms with Gasteiger partial charge in [0.05, 0.1) is 17.9 Å². The molecule has 1 heterocycles. The Bertz CT molecular complexity index is 894. The summed E-state index contributed by atoms with van der Waals surface area (Å²) in [5, 5.41) is 6.28. The number of hydrogen-bond acceptors (Lipinski definition) is 5. The van der Waals surface area contributed by atoms with Gasteiger partial charge in [0.2, 0.25) is 6.10 Å². The van der Waals surface area contributed by atoms with Crippen molar-refractivity contribution in [2.45, 2.75) is 13.0 Å². The third kappa shape index (κ3) is 4.74. The van der Waals surface area contributed by atoms with Crippen LogP contribution in [0.3, 0.4) is 0 Å². The summed E-state index contributed by atoms with van der Waals surface area (Å²) in [5.74, 6) is -0.431. The number of benzene rings is 2. The van der Waals surface area contributed by atoms with Crippen molar-refractivity contribution in [1.82, 2.24) is 0 Å². The molecule has 1 aromatic heterocycles. The average molecular weight is 381 g/mol. The number of thiophene rings is 1. The van der Waals surface area contributed by atoms with Crippen LogP contribution in [0.4, 0.5) is 5.69 Å². The summed E-state index contributed by atoms with van der Waals surface area (Å²) >= 11 is 1.39. The van der Waals surface area contributed by atoms with Crippen LogP contribution in [-0.4, -0.2) is 18.5 Å². The summed E-state index contributed by atoms with van der Waals surface area (Å²) in [7, 11) is 0. The fourth-order valence-corrected chi connectivity index (χ4v) is 3.13. The van der Waals surface area contributed by atoms with Crippen molar-refractivity contribution in [2.75, 3.05) is 11.9 Å². The van der Waals surface area contributed by atoms with Gasteiger partial charge in [-0.25, -0.2) is 4.79 Å². The zero-order chi connectivity index (χ0) is 19.1. The molecule has 0 saturated heterocycles. The SMILES string of the molecule is CCOc1ccccc1NC(=O)C(OC(=O)c1ccsc1)c1ccccc1. The third-order valence-electron chi connectivity index (χ3n) is 3.77. The molecule has 0 aliphatic carbocycles. The number of hydrogen-bond donors (Lipinski definition) is 1. The molecule has 0 saturated carbocycles. The van der Waals surface area contributed by atoms with Crippen LogP contribution in [-0.2, 0) is 9.53 Å². The predicted octanol–water partition coefficient (Wildman–Crippen LogP) is 4.68. The van der Waals surface area contributed by atoms with E-state index in [0.717, 1.165) is 0 Å². The quantitative estimate of drug-likeness (QED) is 0.603. The fourth-order valence-electron chi connectivity index (χ4n) is 2.51. The second-order valence-corrected chi connectivity index (χ2v) is 6.41. The van der Waals surface area contributed by atoms with E-state index in [9.17, 15) is 9.59 Å². The number of para-hydroxylation sites is 2. The molecule has 6 heteroatoms. The van der Waals surface area contributed by atoms with Crippen LogP contribution >= 0.6 is 11.3 Å². The van der Waals surface area contributed by atoms with E-state index in [-0.39, 0.29) is 0 Å². The van der Waals surface area contributed by atoms with Crippen molar-refractivity contribution in [1.29, 1.82) is 0 Å². The number of anilines is 1. The molecule has 27 heavy (non-hydrogen) atoms. The van der Waals surface area contributed by atoms with Gasteiger partial charge in [0.25, 0.3) is 5.91 Å². The summed E-state index contributed by atoms with van der Waals surface area (Å²) in [5.41, 5.74) is 1.53. The average Bonchev–Trinajstić information content (AvgIpc) is 3.23. The molecule has 0 aliphatic heterocycles. The fraction of sp³-hybridized carbons (Fsp3) is 0.143. The van der Waals surface area contributed by atoms with Crippen molar-refractivity contribution in [3.8, 4) is 5.75 Å². The molecule has 1 atom stereocenters. The molecule has 2 aromatic carbocycles. The number of ether oxygens (including phenoxy) is 2. The Morgan fingerprint density at radius 1 is 1.04 bits per heavy atom. The van der Waals surface area contributed by atoms with Crippen LogP contribution in [0.25, 0.3) is 0 Å². The molecule has 138 valence electrons. The van der Waals surface area contributed by atoms with E-state index in [1.54, 1.807) is 59.3 Å². The molecule has 0 aliphatic rings. The lowest BCUT2D eigenvalue weighted by Crippen LogP contribution is -2.26. The summed E-state index contributed by atoms with van der Waals surface area (Å²) in [6.45, 7) is 2.34. The Hall–Kier alpha value is -3.12. The number of nitrogens with one attached hydrogen (secondary N) is 1. The number of rotatable bonds is 7. The highest BCUT2D eigenvalue weighted by molar-refractivity contribution is 7.08. The first kappa shape index (κ1) is 18.7. The van der Waals surface area contributed by atoms with E-state index in [1.165, 1.54) is 11.3 Å². The zero-order valence-corrected chi connectivity index (χ0v) is 15.6. The highest BCUT2D eigenvalue weighted by Gasteiger charge is 2.26. The summed E-state index contributed by atoms with van der Waals surface area (Å²) in [6, 6.07) is 17.7. The molecule has 0 spiro atoms. The van der Waals surface area contributed by atoms with E-state index < -0.39 is 18.0 Å². The van der Waals surface area contributed by atoms with Crippen LogP contribution < -0.4 is 10.1 Å². The van der Waals surface area contributed by atoms with E-state index in [1.807, 2.05) is 19.1 Å². The van der Waals surface area contributed by atoms with Crippen molar-refractivity contribution in [3.63, 3.8) is 0 Å². The molecule has 0 radical (unpaired) electrons. The van der Waals surface area contributed by atoms with Gasteiger partial charge < -0.3 is 14.8 Å². The molecule has 1 amide bonds. The number of esters is 1. The van der Waals surface area contributed by atoms with Gasteiger partial charge in [-0.05, 0) is 30.5 Å². The van der Waals surface area contributed by atoms with Gasteiger partial charge in [-0.2, -0.15) is 11.3 Å². The summed E-state index contributed by atoms with van der Waals surface area (Å²) < 4.78 is 11.1. The van der Waals surface area contributed by atoms with Crippen LogP contribution in [0.1, 0.15) is 28.9 Å². The van der Waals surface area contributed by atoms with Crippen LogP contribution in [0.15, 0.2) is 71.4 Å². The number of carbonyl (C=O) groups excluding carboxylic acids is 2.